The number of hydrogen-bond donors (Lipinski definition) is 1. The lowest BCUT2D eigenvalue weighted by Crippen LogP contribution is -2.62. The van der Waals surface area contributed by atoms with Gasteiger partial charge >= 0.3 is 0 Å². The van der Waals surface area contributed by atoms with Crippen LogP contribution in [-0.4, -0.2) is 54.0 Å². The number of amides is 1. The Balaban J connectivity index is 2.73. The molecule has 0 unspecified atom stereocenters. The summed E-state index contributed by atoms with van der Waals surface area (Å²) in [6.07, 6.45) is 0. The summed E-state index contributed by atoms with van der Waals surface area (Å²) in [4.78, 5) is 16.5. The second kappa shape index (κ2) is 4.58. The minimum atomic E-state index is -0.415. The van der Waals surface area contributed by atoms with Crippen LogP contribution in [0.25, 0.3) is 0 Å². The molecule has 0 bridgehead atoms. The molecule has 1 atom stereocenters. The molecule has 1 heterocycles. The Morgan fingerprint density at radius 3 is 2.24 bits per heavy atom. The van der Waals surface area contributed by atoms with Crippen molar-refractivity contribution in [3.63, 3.8) is 0 Å². The molecular weight excluding hydrogens is 214 g/mol. The molecule has 1 aliphatic rings. The van der Waals surface area contributed by atoms with E-state index in [-0.39, 0.29) is 16.9 Å². The average molecular weight is 241 g/mol. The Hall–Kier alpha value is -0.610. The minimum Gasteiger partial charge on any atom is -0.338 e. The first-order valence-electron chi connectivity index (χ1n) is 6.31. The number of hydrogen-bond acceptors (Lipinski definition) is 3. The number of carbonyl (C=O) groups excluding carboxylic acids is 1. The molecule has 1 fully saturated rings. The Labute approximate surface area is 105 Å². The van der Waals surface area contributed by atoms with Crippen LogP contribution in [0.2, 0.25) is 0 Å². The van der Waals surface area contributed by atoms with Gasteiger partial charge in [-0.3, -0.25) is 9.69 Å². The summed E-state index contributed by atoms with van der Waals surface area (Å²) >= 11 is 0. The molecule has 4 nitrogen and oxygen atoms in total. The summed E-state index contributed by atoms with van der Waals surface area (Å²) in [5.74, 6) is 0.0821. The lowest BCUT2D eigenvalue weighted by Gasteiger charge is -2.46. The van der Waals surface area contributed by atoms with Gasteiger partial charge in [-0.25, -0.2) is 0 Å². The van der Waals surface area contributed by atoms with Crippen LogP contribution in [0.1, 0.15) is 34.6 Å². The molecule has 0 aliphatic carbocycles. The molecule has 100 valence electrons. The normalized spacial score (nSPS) is 23.6. The average Bonchev–Trinajstić information content (AvgIpc) is 2.18. The molecule has 1 amide bonds. The molecule has 0 aromatic heterocycles. The number of nitrogens with two attached hydrogens (primary N) is 1. The van der Waals surface area contributed by atoms with Crippen molar-refractivity contribution in [1.29, 1.82) is 0 Å². The van der Waals surface area contributed by atoms with Crippen molar-refractivity contribution in [1.82, 2.24) is 9.80 Å². The Morgan fingerprint density at radius 2 is 1.82 bits per heavy atom. The molecule has 17 heavy (non-hydrogen) atoms. The van der Waals surface area contributed by atoms with E-state index >= 15 is 0 Å². The smallest absolute Gasteiger partial charge is 0.240 e. The van der Waals surface area contributed by atoms with Gasteiger partial charge in [-0.2, -0.15) is 0 Å². The predicted octanol–water partition coefficient (Wildman–Crippen LogP) is 0.912. The molecule has 1 aliphatic heterocycles. The third kappa shape index (κ3) is 3.19. The van der Waals surface area contributed by atoms with Gasteiger partial charge in [0.25, 0.3) is 0 Å². The van der Waals surface area contributed by atoms with Crippen LogP contribution in [0, 0.1) is 5.41 Å². The van der Waals surface area contributed by atoms with Gasteiger partial charge in [0.1, 0.15) is 0 Å². The van der Waals surface area contributed by atoms with Crippen LogP contribution in [0.15, 0.2) is 0 Å². The van der Waals surface area contributed by atoms with Crippen molar-refractivity contribution in [3.8, 4) is 0 Å². The van der Waals surface area contributed by atoms with Crippen molar-refractivity contribution in [2.75, 3.05) is 26.7 Å². The van der Waals surface area contributed by atoms with Crippen LogP contribution >= 0.6 is 0 Å². The lowest BCUT2D eigenvalue weighted by atomic mass is 9.86. The minimum absolute atomic E-state index is 0.0332. The first kappa shape index (κ1) is 14.5. The highest BCUT2D eigenvalue weighted by Gasteiger charge is 2.37. The second-order valence-corrected chi connectivity index (χ2v) is 6.84. The zero-order valence-corrected chi connectivity index (χ0v) is 12.1. The second-order valence-electron chi connectivity index (χ2n) is 6.84. The summed E-state index contributed by atoms with van der Waals surface area (Å²) < 4.78 is 0. The summed E-state index contributed by atoms with van der Waals surface area (Å²) in [5.41, 5.74) is 5.90. The summed E-state index contributed by atoms with van der Waals surface area (Å²) in [7, 11) is 2.10. The van der Waals surface area contributed by atoms with Crippen LogP contribution in [-0.2, 0) is 4.79 Å². The first-order chi connectivity index (χ1) is 7.55. The van der Waals surface area contributed by atoms with E-state index in [1.165, 1.54) is 0 Å². The maximum Gasteiger partial charge on any atom is 0.240 e. The highest BCUT2D eigenvalue weighted by molar-refractivity contribution is 5.82. The highest BCUT2D eigenvalue weighted by atomic mass is 16.2. The number of carbonyl (C=O) groups is 1. The van der Waals surface area contributed by atoms with Gasteiger partial charge in [0.15, 0.2) is 0 Å². The van der Waals surface area contributed by atoms with Gasteiger partial charge < -0.3 is 10.6 Å². The van der Waals surface area contributed by atoms with Crippen LogP contribution in [0.5, 0.6) is 0 Å². The van der Waals surface area contributed by atoms with Crippen LogP contribution in [0.3, 0.4) is 0 Å². The number of rotatable bonds is 1. The molecular formula is C13H27N3O. The summed E-state index contributed by atoms with van der Waals surface area (Å²) in [6.45, 7) is 12.8. The standard InChI is InChI=1S/C13H27N3O/c1-12(2,3)10(14)11(17)16-8-7-15(6)13(4,5)9-16/h10H,7-9,14H2,1-6H3/t10-/m1/s1. The topological polar surface area (TPSA) is 49.6 Å². The molecule has 4 heteroatoms. The van der Waals surface area contributed by atoms with E-state index in [1.807, 2.05) is 25.7 Å². The monoisotopic (exact) mass is 241 g/mol. The van der Waals surface area contributed by atoms with E-state index in [0.29, 0.717) is 0 Å². The Bertz CT molecular complexity index is 294. The maximum absolute atomic E-state index is 12.3. The largest absolute Gasteiger partial charge is 0.338 e. The third-order valence-corrected chi connectivity index (χ3v) is 3.83. The zero-order valence-electron chi connectivity index (χ0n) is 12.1. The Morgan fingerprint density at radius 1 is 1.29 bits per heavy atom. The molecule has 0 radical (unpaired) electrons. The molecule has 2 N–H and O–H groups in total. The summed E-state index contributed by atoms with van der Waals surface area (Å²) in [5, 5.41) is 0. The highest BCUT2D eigenvalue weighted by Crippen LogP contribution is 2.23. The summed E-state index contributed by atoms with van der Waals surface area (Å²) in [6, 6.07) is -0.415. The SMILES string of the molecule is CN1CCN(C(=O)[C@@H](N)C(C)(C)C)CC1(C)C. The molecule has 0 aromatic rings. The van der Waals surface area contributed by atoms with Crippen LogP contribution < -0.4 is 5.73 Å². The zero-order chi connectivity index (χ0) is 13.4. The van der Waals surface area contributed by atoms with Crippen molar-refractivity contribution >= 4 is 5.91 Å². The Kier molecular flexibility index (Phi) is 3.89. The fourth-order valence-electron chi connectivity index (χ4n) is 2.00. The van der Waals surface area contributed by atoms with E-state index < -0.39 is 6.04 Å². The van der Waals surface area contributed by atoms with E-state index in [0.717, 1.165) is 19.6 Å². The fourth-order valence-corrected chi connectivity index (χ4v) is 2.00. The van der Waals surface area contributed by atoms with Gasteiger partial charge in [-0.1, -0.05) is 20.8 Å². The quantitative estimate of drug-likeness (QED) is 0.742. The lowest BCUT2D eigenvalue weighted by molar-refractivity contribution is -0.139. The maximum atomic E-state index is 12.3. The van der Waals surface area contributed by atoms with Gasteiger partial charge in [-0.15, -0.1) is 0 Å². The number of likely N-dealkylation sites (N-methyl/N-ethyl adjacent to an activating group) is 1. The van der Waals surface area contributed by atoms with Crippen LogP contribution in [0.4, 0.5) is 0 Å². The predicted molar refractivity (Wildman–Crippen MR) is 70.7 cm³/mol. The number of piperazine rings is 1. The van der Waals surface area contributed by atoms with Gasteiger partial charge in [-0.05, 0) is 26.3 Å². The number of nitrogens with zero attached hydrogens (tertiary/aromatic N) is 2. The van der Waals surface area contributed by atoms with E-state index in [4.69, 9.17) is 5.73 Å². The van der Waals surface area contributed by atoms with Gasteiger partial charge in [0.05, 0.1) is 6.04 Å². The van der Waals surface area contributed by atoms with Crippen molar-refractivity contribution < 1.29 is 4.79 Å². The van der Waals surface area contributed by atoms with Crippen molar-refractivity contribution in [2.24, 2.45) is 11.1 Å². The van der Waals surface area contributed by atoms with Gasteiger partial charge in [0, 0.05) is 25.2 Å². The molecule has 0 spiro atoms. The van der Waals surface area contributed by atoms with Crippen molar-refractivity contribution in [3.05, 3.63) is 0 Å². The molecule has 0 saturated carbocycles. The first-order valence-corrected chi connectivity index (χ1v) is 6.31. The van der Waals surface area contributed by atoms with Crippen molar-refractivity contribution in [2.45, 2.75) is 46.2 Å². The molecule has 0 aromatic carbocycles. The van der Waals surface area contributed by atoms with E-state index in [1.54, 1.807) is 0 Å². The molecule has 1 rings (SSSR count). The fraction of sp³-hybridized carbons (Fsp3) is 0.923. The molecule has 1 saturated heterocycles. The third-order valence-electron chi connectivity index (χ3n) is 3.83. The van der Waals surface area contributed by atoms with Gasteiger partial charge in [0.2, 0.25) is 5.91 Å². The van der Waals surface area contributed by atoms with E-state index in [9.17, 15) is 4.79 Å². The van der Waals surface area contributed by atoms with E-state index in [2.05, 4.69) is 25.8 Å².